The number of hydrogen-bond donors (Lipinski definition) is 1. The van der Waals surface area contributed by atoms with E-state index in [0.29, 0.717) is 25.7 Å². The maximum Gasteiger partial charge on any atom is 0.236 e. The zero-order valence-corrected chi connectivity index (χ0v) is 10.7. The number of ether oxygens (including phenoxy) is 2. The molecule has 0 aromatic rings. The number of nitrogens with zero attached hydrogens (tertiary/aromatic N) is 1. The fourth-order valence-corrected chi connectivity index (χ4v) is 2.15. The Hall–Kier alpha value is -0.650. The highest BCUT2D eigenvalue weighted by atomic mass is 16.5. The number of nitrogens with one attached hydrogen (secondary N) is 1. The van der Waals surface area contributed by atoms with Crippen LogP contribution in [-0.4, -0.2) is 62.9 Å². The fourth-order valence-electron chi connectivity index (χ4n) is 2.15. The quantitative estimate of drug-likeness (QED) is 0.712. The minimum atomic E-state index is -0.238. The molecule has 1 N–H and O–H groups in total. The van der Waals surface area contributed by atoms with E-state index in [-0.39, 0.29) is 11.5 Å². The van der Waals surface area contributed by atoms with Crippen LogP contribution in [0.4, 0.5) is 0 Å². The molecule has 1 aliphatic heterocycles. The molecule has 1 unspecified atom stereocenters. The molecule has 0 bridgehead atoms. The normalized spacial score (nSPS) is 28.4. The highest BCUT2D eigenvalue weighted by molar-refractivity contribution is 5.78. The third-order valence-corrected chi connectivity index (χ3v) is 3.71. The van der Waals surface area contributed by atoms with Gasteiger partial charge in [-0.1, -0.05) is 0 Å². The molecule has 1 saturated carbocycles. The van der Waals surface area contributed by atoms with E-state index >= 15 is 0 Å². The van der Waals surface area contributed by atoms with Crippen molar-refractivity contribution in [2.24, 2.45) is 0 Å². The molecule has 1 atom stereocenters. The minimum Gasteiger partial charge on any atom is -0.378 e. The Morgan fingerprint density at radius 2 is 2.35 bits per heavy atom. The number of amides is 1. The van der Waals surface area contributed by atoms with E-state index in [1.807, 2.05) is 11.9 Å². The molecule has 5 nitrogen and oxygen atoms in total. The SMILES string of the molecule is COC1(CNCC(=O)N(C)C2CC2)CCOC1. The summed E-state index contributed by atoms with van der Waals surface area (Å²) in [5.41, 5.74) is -0.238. The Balaban J connectivity index is 1.69. The van der Waals surface area contributed by atoms with Crippen LogP contribution in [0.25, 0.3) is 0 Å². The molecule has 1 saturated heterocycles. The molecular weight excluding hydrogens is 220 g/mol. The van der Waals surface area contributed by atoms with Gasteiger partial charge < -0.3 is 19.7 Å². The number of carbonyl (C=O) groups is 1. The number of hydrogen-bond acceptors (Lipinski definition) is 4. The van der Waals surface area contributed by atoms with Crippen LogP contribution < -0.4 is 5.32 Å². The van der Waals surface area contributed by atoms with Gasteiger partial charge in [-0.25, -0.2) is 0 Å². The number of carbonyl (C=O) groups excluding carboxylic acids is 1. The monoisotopic (exact) mass is 242 g/mol. The van der Waals surface area contributed by atoms with Gasteiger partial charge in [0.1, 0.15) is 5.60 Å². The molecule has 2 aliphatic rings. The maximum absolute atomic E-state index is 11.8. The Bertz CT molecular complexity index is 273. The zero-order chi connectivity index (χ0) is 12.3. The minimum absolute atomic E-state index is 0.165. The van der Waals surface area contributed by atoms with Gasteiger partial charge in [0.05, 0.1) is 13.2 Å². The molecule has 5 heteroatoms. The van der Waals surface area contributed by atoms with Crippen molar-refractivity contribution >= 4 is 5.91 Å². The lowest BCUT2D eigenvalue weighted by Crippen LogP contribution is -2.46. The average Bonchev–Trinajstić information content (AvgIpc) is 3.08. The lowest BCUT2D eigenvalue weighted by atomic mass is 10.0. The molecular formula is C12H22N2O3. The molecule has 1 amide bonds. The van der Waals surface area contributed by atoms with Crippen LogP contribution in [0.3, 0.4) is 0 Å². The molecule has 1 heterocycles. The van der Waals surface area contributed by atoms with Crippen molar-refractivity contribution in [1.82, 2.24) is 10.2 Å². The lowest BCUT2D eigenvalue weighted by molar-refractivity contribution is -0.129. The number of methoxy groups -OCH3 is 1. The van der Waals surface area contributed by atoms with Crippen molar-refractivity contribution in [3.63, 3.8) is 0 Å². The van der Waals surface area contributed by atoms with E-state index in [4.69, 9.17) is 9.47 Å². The van der Waals surface area contributed by atoms with Gasteiger partial charge in [-0.15, -0.1) is 0 Å². The van der Waals surface area contributed by atoms with Crippen molar-refractivity contribution in [1.29, 1.82) is 0 Å². The second-order valence-corrected chi connectivity index (χ2v) is 5.03. The fraction of sp³-hybridized carbons (Fsp3) is 0.917. The van der Waals surface area contributed by atoms with Crippen LogP contribution in [0.2, 0.25) is 0 Å². The third-order valence-electron chi connectivity index (χ3n) is 3.71. The molecule has 0 spiro atoms. The summed E-state index contributed by atoms with van der Waals surface area (Å²) in [7, 11) is 3.58. The summed E-state index contributed by atoms with van der Waals surface area (Å²) in [6.07, 6.45) is 3.19. The van der Waals surface area contributed by atoms with E-state index in [9.17, 15) is 4.79 Å². The van der Waals surface area contributed by atoms with E-state index in [1.54, 1.807) is 7.11 Å². The second-order valence-electron chi connectivity index (χ2n) is 5.03. The summed E-state index contributed by atoms with van der Waals surface area (Å²) in [4.78, 5) is 13.6. The molecule has 2 fully saturated rings. The third kappa shape index (κ3) is 3.18. The van der Waals surface area contributed by atoms with Crippen LogP contribution in [0, 0.1) is 0 Å². The van der Waals surface area contributed by atoms with E-state index in [0.717, 1.165) is 25.9 Å². The van der Waals surface area contributed by atoms with E-state index < -0.39 is 0 Å². The molecule has 0 aromatic heterocycles. The van der Waals surface area contributed by atoms with Gasteiger partial charge in [0.15, 0.2) is 0 Å². The van der Waals surface area contributed by atoms with Gasteiger partial charge in [0.25, 0.3) is 0 Å². The van der Waals surface area contributed by atoms with E-state index in [1.165, 1.54) is 0 Å². The summed E-state index contributed by atoms with van der Waals surface area (Å²) in [6, 6.07) is 0.482. The summed E-state index contributed by atoms with van der Waals surface area (Å²) in [5, 5.41) is 3.19. The van der Waals surface area contributed by atoms with Gasteiger partial charge in [-0.3, -0.25) is 4.79 Å². The Kier molecular flexibility index (Phi) is 4.01. The largest absolute Gasteiger partial charge is 0.378 e. The lowest BCUT2D eigenvalue weighted by Gasteiger charge is -2.26. The first-order valence-electron chi connectivity index (χ1n) is 6.26. The van der Waals surface area contributed by atoms with Crippen LogP contribution in [0.15, 0.2) is 0 Å². The summed E-state index contributed by atoms with van der Waals surface area (Å²) in [6.45, 7) is 2.42. The molecule has 2 rings (SSSR count). The van der Waals surface area contributed by atoms with Crippen LogP contribution in [-0.2, 0) is 14.3 Å². The summed E-state index contributed by atoms with van der Waals surface area (Å²) in [5.74, 6) is 0.165. The summed E-state index contributed by atoms with van der Waals surface area (Å²) >= 11 is 0. The van der Waals surface area contributed by atoms with Crippen LogP contribution in [0.5, 0.6) is 0 Å². The predicted molar refractivity (Wildman–Crippen MR) is 63.8 cm³/mol. The molecule has 0 aromatic carbocycles. The van der Waals surface area contributed by atoms with Gasteiger partial charge in [-0.05, 0) is 12.8 Å². The van der Waals surface area contributed by atoms with Crippen LogP contribution >= 0.6 is 0 Å². The maximum atomic E-state index is 11.8. The molecule has 0 radical (unpaired) electrons. The first-order valence-corrected chi connectivity index (χ1v) is 6.26. The standard InChI is InChI=1S/C12H22N2O3/c1-14(10-3-4-10)11(15)7-13-8-12(16-2)5-6-17-9-12/h10,13H,3-9H2,1-2H3. The van der Waals surface area contributed by atoms with Crippen molar-refractivity contribution < 1.29 is 14.3 Å². The van der Waals surface area contributed by atoms with Crippen LogP contribution in [0.1, 0.15) is 19.3 Å². The number of rotatable bonds is 6. The Labute approximate surface area is 102 Å². The molecule has 1 aliphatic carbocycles. The van der Waals surface area contributed by atoms with Crippen molar-refractivity contribution in [2.75, 3.05) is 40.5 Å². The first-order chi connectivity index (χ1) is 8.17. The van der Waals surface area contributed by atoms with Gasteiger partial charge in [0.2, 0.25) is 5.91 Å². The van der Waals surface area contributed by atoms with Crippen molar-refractivity contribution in [2.45, 2.75) is 30.9 Å². The second kappa shape index (κ2) is 5.33. The summed E-state index contributed by atoms with van der Waals surface area (Å²) < 4.78 is 10.8. The zero-order valence-electron chi connectivity index (χ0n) is 10.7. The molecule has 98 valence electrons. The van der Waals surface area contributed by atoms with Crippen molar-refractivity contribution in [3.05, 3.63) is 0 Å². The first kappa shape index (κ1) is 12.8. The van der Waals surface area contributed by atoms with Crippen molar-refractivity contribution in [3.8, 4) is 0 Å². The highest BCUT2D eigenvalue weighted by Gasteiger charge is 2.35. The Morgan fingerprint density at radius 1 is 1.59 bits per heavy atom. The van der Waals surface area contributed by atoms with E-state index in [2.05, 4.69) is 5.32 Å². The average molecular weight is 242 g/mol. The topological polar surface area (TPSA) is 50.8 Å². The van der Waals surface area contributed by atoms with Gasteiger partial charge in [0, 0.05) is 39.8 Å². The molecule has 17 heavy (non-hydrogen) atoms. The predicted octanol–water partition coefficient (Wildman–Crippen LogP) is 0.00230. The Morgan fingerprint density at radius 3 is 2.88 bits per heavy atom. The highest BCUT2D eigenvalue weighted by Crippen LogP contribution is 2.25. The van der Waals surface area contributed by atoms with Gasteiger partial charge >= 0.3 is 0 Å². The number of likely N-dealkylation sites (N-methyl/N-ethyl adjacent to an activating group) is 1. The smallest absolute Gasteiger partial charge is 0.236 e. The van der Waals surface area contributed by atoms with Gasteiger partial charge in [-0.2, -0.15) is 0 Å².